The fourth-order valence-corrected chi connectivity index (χ4v) is 5.72. The SMILES string of the molecule is CCOC(=O)N(c1ccc(CN2N=C(c3ccc(OC)c(OC(C)C)c3)CSC2=O)cc1)N1CCSCC1. The predicted molar refractivity (Wildman–Crippen MR) is 154 cm³/mol. The van der Waals surface area contributed by atoms with E-state index in [0.717, 1.165) is 47.1 Å². The lowest BCUT2D eigenvalue weighted by Gasteiger charge is -2.36. The fourth-order valence-electron chi connectivity index (χ4n) is 4.10. The van der Waals surface area contributed by atoms with Gasteiger partial charge in [-0.2, -0.15) is 16.9 Å². The minimum Gasteiger partial charge on any atom is -0.493 e. The molecular weight excluding hydrogens is 524 g/mol. The van der Waals surface area contributed by atoms with Crippen LogP contribution in [0.25, 0.3) is 0 Å². The van der Waals surface area contributed by atoms with E-state index in [-0.39, 0.29) is 17.4 Å². The van der Waals surface area contributed by atoms with E-state index < -0.39 is 0 Å². The van der Waals surface area contributed by atoms with Gasteiger partial charge in [0, 0.05) is 35.9 Å². The molecule has 4 rings (SSSR count). The molecule has 1 saturated heterocycles. The third-order valence-corrected chi connectivity index (χ3v) is 7.69. The minimum atomic E-state index is -0.385. The van der Waals surface area contributed by atoms with Crippen LogP contribution in [-0.4, -0.2) is 77.2 Å². The first-order chi connectivity index (χ1) is 18.4. The number of amides is 2. The van der Waals surface area contributed by atoms with E-state index in [1.807, 2.05) is 73.1 Å². The van der Waals surface area contributed by atoms with Crippen molar-refractivity contribution in [1.82, 2.24) is 10.0 Å². The highest BCUT2D eigenvalue weighted by atomic mass is 32.2. The normalized spacial score (nSPS) is 16.3. The molecule has 1 fully saturated rings. The number of methoxy groups -OCH3 is 1. The maximum absolute atomic E-state index is 12.7. The molecule has 9 nitrogen and oxygen atoms in total. The molecular formula is C27H34N4O5S2. The van der Waals surface area contributed by atoms with Crippen LogP contribution in [0.15, 0.2) is 47.6 Å². The second kappa shape index (κ2) is 13.3. The summed E-state index contributed by atoms with van der Waals surface area (Å²) in [6, 6.07) is 13.3. The quantitative estimate of drug-likeness (QED) is 0.400. The van der Waals surface area contributed by atoms with Crippen LogP contribution in [0.5, 0.6) is 11.5 Å². The van der Waals surface area contributed by atoms with Crippen molar-refractivity contribution in [2.45, 2.75) is 33.4 Å². The molecule has 2 aromatic carbocycles. The number of ether oxygens (including phenoxy) is 3. The van der Waals surface area contributed by atoms with Crippen LogP contribution in [0.2, 0.25) is 0 Å². The lowest BCUT2D eigenvalue weighted by molar-refractivity contribution is 0.136. The first kappa shape index (κ1) is 28.1. The molecule has 2 aromatic rings. The molecule has 0 atom stereocenters. The molecule has 0 spiro atoms. The van der Waals surface area contributed by atoms with Gasteiger partial charge in [-0.05, 0) is 56.7 Å². The average Bonchev–Trinajstić information content (AvgIpc) is 2.91. The number of hydrazine groups is 1. The van der Waals surface area contributed by atoms with Crippen molar-refractivity contribution >= 4 is 46.3 Å². The number of benzene rings is 2. The summed E-state index contributed by atoms with van der Waals surface area (Å²) < 4.78 is 16.7. The Morgan fingerprint density at radius 2 is 1.84 bits per heavy atom. The van der Waals surface area contributed by atoms with Crippen LogP contribution >= 0.6 is 23.5 Å². The van der Waals surface area contributed by atoms with E-state index in [2.05, 4.69) is 5.10 Å². The lowest BCUT2D eigenvalue weighted by atomic mass is 10.1. The average molecular weight is 559 g/mol. The van der Waals surface area contributed by atoms with Gasteiger partial charge < -0.3 is 14.2 Å². The van der Waals surface area contributed by atoms with E-state index in [0.29, 0.717) is 30.4 Å². The highest BCUT2D eigenvalue weighted by Gasteiger charge is 2.27. The molecule has 2 amide bonds. The minimum absolute atomic E-state index is 0.00331. The second-order valence-electron chi connectivity index (χ2n) is 8.93. The molecule has 2 heterocycles. The van der Waals surface area contributed by atoms with Crippen molar-refractivity contribution in [3.8, 4) is 11.5 Å². The first-order valence-corrected chi connectivity index (χ1v) is 14.8. The van der Waals surface area contributed by atoms with Crippen molar-refractivity contribution in [2.75, 3.05) is 49.1 Å². The summed E-state index contributed by atoms with van der Waals surface area (Å²) >= 11 is 3.10. The summed E-state index contributed by atoms with van der Waals surface area (Å²) in [5, 5.41) is 9.69. The fraction of sp³-hybridized carbons (Fsp3) is 0.444. The summed E-state index contributed by atoms with van der Waals surface area (Å²) in [7, 11) is 1.61. The molecule has 0 aromatic heterocycles. The Kier molecular flexibility index (Phi) is 9.81. The zero-order valence-electron chi connectivity index (χ0n) is 22.2. The van der Waals surface area contributed by atoms with Gasteiger partial charge in [0.05, 0.1) is 37.8 Å². The molecule has 0 radical (unpaired) electrons. The second-order valence-corrected chi connectivity index (χ2v) is 11.1. The number of nitrogens with zero attached hydrogens (tertiary/aromatic N) is 4. The molecule has 0 aliphatic carbocycles. The Hall–Kier alpha value is -2.89. The third kappa shape index (κ3) is 6.95. The van der Waals surface area contributed by atoms with E-state index in [9.17, 15) is 9.59 Å². The lowest BCUT2D eigenvalue weighted by Crippen LogP contribution is -2.50. The Balaban J connectivity index is 1.52. The number of carbonyl (C=O) groups excluding carboxylic acids is 2. The van der Waals surface area contributed by atoms with Gasteiger partial charge in [0.15, 0.2) is 11.5 Å². The Morgan fingerprint density at radius 1 is 1.11 bits per heavy atom. The molecule has 204 valence electrons. The first-order valence-electron chi connectivity index (χ1n) is 12.6. The monoisotopic (exact) mass is 558 g/mol. The topological polar surface area (TPSA) is 83.9 Å². The number of carbonyl (C=O) groups is 2. The Bertz CT molecular complexity index is 1150. The highest BCUT2D eigenvalue weighted by molar-refractivity contribution is 8.14. The van der Waals surface area contributed by atoms with Gasteiger partial charge >= 0.3 is 11.3 Å². The maximum Gasteiger partial charge on any atom is 0.429 e. The molecule has 2 aliphatic rings. The molecule has 0 unspecified atom stereocenters. The number of anilines is 1. The summed E-state index contributed by atoms with van der Waals surface area (Å²) in [5.74, 6) is 3.69. The Morgan fingerprint density at radius 3 is 2.50 bits per heavy atom. The summed E-state index contributed by atoms with van der Waals surface area (Å²) in [6.07, 6.45) is -0.388. The van der Waals surface area contributed by atoms with Crippen molar-refractivity contribution < 1.29 is 23.8 Å². The highest BCUT2D eigenvalue weighted by Crippen LogP contribution is 2.31. The predicted octanol–water partition coefficient (Wildman–Crippen LogP) is 5.48. The third-order valence-electron chi connectivity index (χ3n) is 5.87. The van der Waals surface area contributed by atoms with E-state index in [1.54, 1.807) is 19.0 Å². The van der Waals surface area contributed by atoms with Gasteiger partial charge in [-0.3, -0.25) is 4.79 Å². The molecule has 0 saturated carbocycles. The van der Waals surface area contributed by atoms with Crippen LogP contribution in [0.1, 0.15) is 31.9 Å². The summed E-state index contributed by atoms with van der Waals surface area (Å²) in [6.45, 7) is 7.91. The van der Waals surface area contributed by atoms with Crippen LogP contribution in [-0.2, 0) is 11.3 Å². The van der Waals surface area contributed by atoms with Gasteiger partial charge in [-0.15, -0.1) is 0 Å². The van der Waals surface area contributed by atoms with Crippen molar-refractivity contribution in [1.29, 1.82) is 0 Å². The van der Waals surface area contributed by atoms with Crippen molar-refractivity contribution in [3.63, 3.8) is 0 Å². The van der Waals surface area contributed by atoms with Crippen LogP contribution in [0.3, 0.4) is 0 Å². The van der Waals surface area contributed by atoms with E-state index in [4.69, 9.17) is 14.2 Å². The standard InChI is InChI=1S/C27H34N4O5S2/c1-5-35-26(32)31(29-12-14-37-15-13-29)22-9-6-20(7-10-22)17-30-27(33)38-18-23(28-30)21-8-11-24(34-4)25(16-21)36-19(2)3/h6-11,16,19H,5,12-15,17-18H2,1-4H3. The van der Waals surface area contributed by atoms with Gasteiger partial charge in [0.1, 0.15) is 0 Å². The van der Waals surface area contributed by atoms with Gasteiger partial charge in [-0.1, -0.05) is 23.9 Å². The molecule has 0 bridgehead atoms. The molecule has 11 heteroatoms. The zero-order chi connectivity index (χ0) is 27.1. The van der Waals surface area contributed by atoms with Gasteiger partial charge in [0.2, 0.25) is 0 Å². The molecule has 2 aliphatic heterocycles. The van der Waals surface area contributed by atoms with Crippen molar-refractivity contribution in [2.24, 2.45) is 5.10 Å². The molecule has 0 N–H and O–H groups in total. The van der Waals surface area contributed by atoms with Gasteiger partial charge in [0.25, 0.3) is 0 Å². The van der Waals surface area contributed by atoms with Crippen LogP contribution in [0.4, 0.5) is 15.3 Å². The van der Waals surface area contributed by atoms with Gasteiger partial charge in [-0.25, -0.2) is 19.8 Å². The number of hydrogen-bond donors (Lipinski definition) is 0. The Labute approximate surface area is 232 Å². The largest absolute Gasteiger partial charge is 0.493 e. The van der Waals surface area contributed by atoms with Crippen LogP contribution < -0.4 is 14.5 Å². The maximum atomic E-state index is 12.7. The number of hydrogen-bond acceptors (Lipinski definition) is 9. The van der Waals surface area contributed by atoms with E-state index >= 15 is 0 Å². The smallest absolute Gasteiger partial charge is 0.429 e. The number of rotatable bonds is 9. The van der Waals surface area contributed by atoms with E-state index in [1.165, 1.54) is 16.8 Å². The van der Waals surface area contributed by atoms with Crippen LogP contribution in [0, 0.1) is 0 Å². The molecule has 38 heavy (non-hydrogen) atoms. The van der Waals surface area contributed by atoms with Crippen molar-refractivity contribution in [3.05, 3.63) is 53.6 Å². The number of hydrazone groups is 1. The summed E-state index contributed by atoms with van der Waals surface area (Å²) in [5.41, 5.74) is 3.31. The zero-order valence-corrected chi connectivity index (χ0v) is 23.8. The number of thioether (sulfide) groups is 2. The summed E-state index contributed by atoms with van der Waals surface area (Å²) in [4.78, 5) is 25.4.